The second kappa shape index (κ2) is 13.2. The first-order chi connectivity index (χ1) is 21.6. The van der Waals surface area contributed by atoms with Crippen molar-refractivity contribution in [3.05, 3.63) is 71.8 Å². The van der Waals surface area contributed by atoms with Crippen molar-refractivity contribution in [3.63, 3.8) is 0 Å². The highest BCUT2D eigenvalue weighted by atomic mass is 16.6. The van der Waals surface area contributed by atoms with Crippen molar-refractivity contribution in [1.29, 1.82) is 0 Å². The molecule has 2 aromatic rings. The van der Waals surface area contributed by atoms with E-state index in [1.54, 1.807) is 24.3 Å². The smallest absolute Gasteiger partial charge is 0.338 e. The molecule has 0 radical (unpaired) electrons. The Morgan fingerprint density at radius 1 is 0.733 bits per heavy atom. The average molecular weight is 613 g/mol. The molecule has 6 rings (SSSR count). The van der Waals surface area contributed by atoms with Gasteiger partial charge in [-0.3, -0.25) is 0 Å². The molecule has 0 bridgehead atoms. The maximum atomic E-state index is 13.4. The van der Waals surface area contributed by atoms with Crippen molar-refractivity contribution >= 4 is 11.9 Å². The molecule has 4 aliphatic carbocycles. The van der Waals surface area contributed by atoms with Crippen molar-refractivity contribution in [2.24, 2.45) is 52.3 Å². The normalized spacial score (nSPS) is 36.4. The molecule has 0 amide bonds. The van der Waals surface area contributed by atoms with E-state index in [0.29, 0.717) is 28.4 Å². The molecule has 2 aromatic carbocycles. The largest absolute Gasteiger partial charge is 0.455 e. The van der Waals surface area contributed by atoms with Crippen molar-refractivity contribution in [3.8, 4) is 0 Å². The van der Waals surface area contributed by atoms with Crippen LogP contribution in [-0.2, 0) is 9.47 Å². The van der Waals surface area contributed by atoms with Gasteiger partial charge in [0.25, 0.3) is 0 Å². The maximum Gasteiger partial charge on any atom is 0.338 e. The van der Waals surface area contributed by atoms with E-state index in [-0.39, 0.29) is 17.4 Å². The van der Waals surface area contributed by atoms with Gasteiger partial charge in [0.15, 0.2) is 0 Å². The SMILES string of the molecule is CC(C)CCC[C@@H](C)[C@H]1CC[C@H]2[C@@H]3CC[C@H]4C[C@H](OC(=O)c5ccccc5)[C@H](OC(=O)c5ccccc5)C[C@]4(C)[C@H]3CC[C@]12C. The fraction of sp³-hybridized carbons (Fsp3) is 0.659. The van der Waals surface area contributed by atoms with Gasteiger partial charge in [0.05, 0.1) is 11.1 Å². The molecular weight excluding hydrogens is 556 g/mol. The lowest BCUT2D eigenvalue weighted by atomic mass is 9.44. The number of benzene rings is 2. The fourth-order valence-corrected chi connectivity index (χ4v) is 11.1. The van der Waals surface area contributed by atoms with Crippen LogP contribution in [0.3, 0.4) is 0 Å². The zero-order valence-corrected chi connectivity index (χ0v) is 28.4. The minimum atomic E-state index is -0.448. The monoisotopic (exact) mass is 612 g/mol. The van der Waals surface area contributed by atoms with Gasteiger partial charge < -0.3 is 9.47 Å². The molecule has 4 heteroatoms. The lowest BCUT2D eigenvalue weighted by Crippen LogP contribution is -2.58. The van der Waals surface area contributed by atoms with Gasteiger partial charge in [0.2, 0.25) is 0 Å². The Morgan fingerprint density at radius 3 is 1.96 bits per heavy atom. The van der Waals surface area contributed by atoms with Gasteiger partial charge in [-0.1, -0.05) is 90.3 Å². The number of carbonyl (C=O) groups is 2. The van der Waals surface area contributed by atoms with E-state index >= 15 is 0 Å². The number of esters is 2. The Kier molecular flexibility index (Phi) is 9.51. The number of carbonyl (C=O) groups excluding carboxylic acids is 2. The standard InChI is InChI=1S/C41H56O4/c1-27(2)13-12-14-28(3)33-21-22-34-32-20-19-31-25-36(44-38(42)29-15-8-6-9-16-29)37(45-39(43)30-17-10-7-11-18-30)26-41(31,5)35(32)23-24-40(33,34)4/h6-11,15-18,27-28,31-37H,12-14,19-26H2,1-5H3/t28-,31+,32+,33-,34+,35+,36+,37-,40-,41+/m1/s1. The van der Waals surface area contributed by atoms with Crippen LogP contribution in [0.4, 0.5) is 0 Å². The highest BCUT2D eigenvalue weighted by Crippen LogP contribution is 2.68. The number of ether oxygens (including phenoxy) is 2. The summed E-state index contributed by atoms with van der Waals surface area (Å²) in [4.78, 5) is 26.7. The summed E-state index contributed by atoms with van der Waals surface area (Å²) in [6, 6.07) is 18.5. The Hall–Kier alpha value is -2.62. The second-order valence-corrected chi connectivity index (χ2v) is 16.2. The van der Waals surface area contributed by atoms with E-state index < -0.39 is 12.2 Å². The minimum absolute atomic E-state index is 0.0719. The summed E-state index contributed by atoms with van der Waals surface area (Å²) in [5.74, 6) is 4.43. The fourth-order valence-electron chi connectivity index (χ4n) is 11.1. The molecule has 4 aliphatic rings. The van der Waals surface area contributed by atoms with Gasteiger partial charge in [-0.2, -0.15) is 0 Å². The third kappa shape index (κ3) is 6.37. The zero-order valence-electron chi connectivity index (χ0n) is 28.4. The molecule has 4 fully saturated rings. The highest BCUT2D eigenvalue weighted by molar-refractivity contribution is 5.90. The highest BCUT2D eigenvalue weighted by Gasteiger charge is 2.62. The minimum Gasteiger partial charge on any atom is -0.455 e. The lowest BCUT2D eigenvalue weighted by Gasteiger charge is -2.62. The number of rotatable bonds is 9. The van der Waals surface area contributed by atoms with Crippen LogP contribution in [0.25, 0.3) is 0 Å². The Balaban J connectivity index is 1.21. The summed E-state index contributed by atoms with van der Waals surface area (Å²) in [5, 5.41) is 0. The molecule has 244 valence electrons. The topological polar surface area (TPSA) is 52.6 Å². The predicted octanol–water partition coefficient (Wildman–Crippen LogP) is 10.2. The zero-order chi connectivity index (χ0) is 31.8. The molecule has 10 atom stereocenters. The third-order valence-corrected chi connectivity index (χ3v) is 13.4. The lowest BCUT2D eigenvalue weighted by molar-refractivity contribution is -0.163. The molecule has 0 saturated heterocycles. The van der Waals surface area contributed by atoms with E-state index in [1.165, 1.54) is 57.8 Å². The predicted molar refractivity (Wildman–Crippen MR) is 180 cm³/mol. The molecule has 0 N–H and O–H groups in total. The molecular formula is C41H56O4. The number of hydrogen-bond acceptors (Lipinski definition) is 4. The maximum absolute atomic E-state index is 13.4. The first-order valence-corrected chi connectivity index (χ1v) is 18.1. The number of fused-ring (bicyclic) bond motifs is 5. The Morgan fingerprint density at radius 2 is 1.33 bits per heavy atom. The summed E-state index contributed by atoms with van der Waals surface area (Å²) in [5.41, 5.74) is 1.61. The van der Waals surface area contributed by atoms with Gasteiger partial charge in [-0.15, -0.1) is 0 Å². The quantitative estimate of drug-likeness (QED) is 0.264. The van der Waals surface area contributed by atoms with E-state index in [2.05, 4.69) is 34.6 Å². The summed E-state index contributed by atoms with van der Waals surface area (Å²) < 4.78 is 12.5. The summed E-state index contributed by atoms with van der Waals surface area (Å²) in [7, 11) is 0. The van der Waals surface area contributed by atoms with Crippen LogP contribution >= 0.6 is 0 Å². The first-order valence-electron chi connectivity index (χ1n) is 18.1. The summed E-state index contributed by atoms with van der Waals surface area (Å²) in [6.07, 6.45) is 12.6. The van der Waals surface area contributed by atoms with Gasteiger partial charge in [0.1, 0.15) is 12.2 Å². The van der Waals surface area contributed by atoms with Crippen LogP contribution < -0.4 is 0 Å². The van der Waals surface area contributed by atoms with E-state index in [9.17, 15) is 9.59 Å². The van der Waals surface area contributed by atoms with Crippen LogP contribution in [0.1, 0.15) is 126 Å². The van der Waals surface area contributed by atoms with Crippen LogP contribution in [0.15, 0.2) is 60.7 Å². The molecule has 0 aliphatic heterocycles. The van der Waals surface area contributed by atoms with Gasteiger partial charge in [-0.05, 0) is 128 Å². The van der Waals surface area contributed by atoms with Crippen LogP contribution in [-0.4, -0.2) is 24.1 Å². The van der Waals surface area contributed by atoms with Crippen molar-refractivity contribution in [2.75, 3.05) is 0 Å². The molecule has 0 spiro atoms. The van der Waals surface area contributed by atoms with E-state index in [0.717, 1.165) is 42.4 Å². The Bertz CT molecular complexity index is 1310. The average Bonchev–Trinajstić information content (AvgIpc) is 3.39. The van der Waals surface area contributed by atoms with Crippen LogP contribution in [0.5, 0.6) is 0 Å². The summed E-state index contributed by atoms with van der Waals surface area (Å²) >= 11 is 0. The molecule has 0 aromatic heterocycles. The van der Waals surface area contributed by atoms with Gasteiger partial charge >= 0.3 is 11.9 Å². The van der Waals surface area contributed by atoms with Crippen LogP contribution in [0, 0.1) is 52.3 Å². The van der Waals surface area contributed by atoms with Crippen molar-refractivity contribution in [2.45, 2.75) is 117 Å². The third-order valence-electron chi connectivity index (χ3n) is 13.4. The van der Waals surface area contributed by atoms with E-state index in [4.69, 9.17) is 9.47 Å². The summed E-state index contributed by atoms with van der Waals surface area (Å²) in [6.45, 7) is 12.4. The second-order valence-electron chi connectivity index (χ2n) is 16.2. The van der Waals surface area contributed by atoms with Crippen LogP contribution in [0.2, 0.25) is 0 Å². The van der Waals surface area contributed by atoms with Gasteiger partial charge in [0, 0.05) is 0 Å². The van der Waals surface area contributed by atoms with Crippen molar-refractivity contribution in [1.82, 2.24) is 0 Å². The molecule has 4 nitrogen and oxygen atoms in total. The molecule has 4 saturated carbocycles. The first kappa shape index (κ1) is 32.3. The molecule has 45 heavy (non-hydrogen) atoms. The Labute approximate surface area is 272 Å². The van der Waals surface area contributed by atoms with E-state index in [1.807, 2.05) is 36.4 Å². The van der Waals surface area contributed by atoms with Gasteiger partial charge in [-0.25, -0.2) is 9.59 Å². The van der Waals surface area contributed by atoms with Crippen molar-refractivity contribution < 1.29 is 19.1 Å². The molecule has 0 unspecified atom stereocenters. The molecule has 0 heterocycles. The number of hydrogen-bond donors (Lipinski definition) is 0.